The Morgan fingerprint density at radius 1 is 1.29 bits per heavy atom. The van der Waals surface area contributed by atoms with E-state index in [1.165, 1.54) is 23.6 Å². The number of rotatable bonds is 6. The van der Waals surface area contributed by atoms with Crippen molar-refractivity contribution in [1.82, 2.24) is 4.57 Å². The second-order valence-electron chi connectivity index (χ2n) is 5.99. The van der Waals surface area contributed by atoms with E-state index in [-0.39, 0.29) is 23.7 Å². The van der Waals surface area contributed by atoms with Gasteiger partial charge >= 0.3 is 11.7 Å². The van der Waals surface area contributed by atoms with Gasteiger partial charge in [0.25, 0.3) is 5.91 Å². The molecule has 0 aliphatic rings. The van der Waals surface area contributed by atoms with Gasteiger partial charge in [-0.1, -0.05) is 23.7 Å². The van der Waals surface area contributed by atoms with Crippen LogP contribution in [0.1, 0.15) is 13.3 Å². The lowest BCUT2D eigenvalue weighted by Crippen LogP contribution is -2.30. The lowest BCUT2D eigenvalue weighted by molar-refractivity contribution is -0.153. The summed E-state index contributed by atoms with van der Waals surface area (Å²) < 4.78 is 24.6. The van der Waals surface area contributed by atoms with Crippen molar-refractivity contribution in [3.63, 3.8) is 0 Å². The Kier molecular flexibility index (Phi) is 5.79. The van der Waals surface area contributed by atoms with Gasteiger partial charge in [0.15, 0.2) is 11.7 Å². The smallest absolute Gasteiger partial charge is 0.419 e. The molecule has 1 atom stereocenters. The average molecular weight is 407 g/mol. The lowest BCUT2D eigenvalue weighted by Gasteiger charge is -2.14. The fourth-order valence-electron chi connectivity index (χ4n) is 2.56. The van der Waals surface area contributed by atoms with E-state index in [4.69, 9.17) is 20.8 Å². The number of oxazole rings is 1. The van der Waals surface area contributed by atoms with Gasteiger partial charge in [-0.15, -0.1) is 0 Å². The Balaban J connectivity index is 1.56. The maximum atomic E-state index is 13.1. The van der Waals surface area contributed by atoms with Gasteiger partial charge in [0.05, 0.1) is 17.0 Å². The molecule has 1 aromatic heterocycles. The van der Waals surface area contributed by atoms with Gasteiger partial charge in [0, 0.05) is 12.2 Å². The summed E-state index contributed by atoms with van der Waals surface area (Å²) in [6, 6.07) is 10.5. The maximum absolute atomic E-state index is 13.1. The molecule has 0 radical (unpaired) electrons. The van der Waals surface area contributed by atoms with Crippen LogP contribution in [-0.2, 0) is 20.9 Å². The topological polar surface area (TPSA) is 90.5 Å². The number of aryl methyl sites for hydroxylation is 1. The fourth-order valence-corrected chi connectivity index (χ4v) is 2.74. The number of benzene rings is 2. The number of carbonyl (C=O) groups excluding carboxylic acids is 2. The SMILES string of the molecule is C[C@H](OC(=O)CCn1c(=O)oc2ccccc21)C(=O)Nc1ccc(F)c(Cl)c1. The minimum Gasteiger partial charge on any atom is -0.452 e. The second-order valence-corrected chi connectivity index (χ2v) is 6.39. The third kappa shape index (κ3) is 4.40. The van der Waals surface area contributed by atoms with E-state index in [9.17, 15) is 18.8 Å². The standard InChI is InChI=1S/C19H16ClFN2O5/c1-11(18(25)22-12-6-7-14(21)13(20)10-12)27-17(24)8-9-23-15-4-2-3-5-16(15)28-19(23)26/h2-7,10-11H,8-9H2,1H3,(H,22,25)/t11-/m0/s1. The van der Waals surface area contributed by atoms with Gasteiger partial charge < -0.3 is 14.5 Å². The molecule has 3 aromatic rings. The van der Waals surface area contributed by atoms with E-state index in [1.54, 1.807) is 24.3 Å². The molecule has 2 aromatic carbocycles. The first-order valence-electron chi connectivity index (χ1n) is 8.39. The summed E-state index contributed by atoms with van der Waals surface area (Å²) in [6.45, 7) is 1.45. The molecule has 1 N–H and O–H groups in total. The number of esters is 1. The quantitative estimate of drug-likeness (QED) is 0.634. The van der Waals surface area contributed by atoms with Crippen LogP contribution >= 0.6 is 11.6 Å². The Morgan fingerprint density at radius 2 is 2.04 bits per heavy atom. The number of hydrogen-bond acceptors (Lipinski definition) is 5. The summed E-state index contributed by atoms with van der Waals surface area (Å²) in [5, 5.41) is 2.34. The van der Waals surface area contributed by atoms with Crippen molar-refractivity contribution in [1.29, 1.82) is 0 Å². The third-order valence-electron chi connectivity index (χ3n) is 3.98. The van der Waals surface area contributed by atoms with Crippen molar-refractivity contribution < 1.29 is 23.1 Å². The highest BCUT2D eigenvalue weighted by Crippen LogP contribution is 2.19. The van der Waals surface area contributed by atoms with E-state index < -0.39 is 29.6 Å². The van der Waals surface area contributed by atoms with Crippen molar-refractivity contribution in [3.8, 4) is 0 Å². The zero-order valence-corrected chi connectivity index (χ0v) is 15.5. The van der Waals surface area contributed by atoms with Crippen LogP contribution in [0.2, 0.25) is 5.02 Å². The van der Waals surface area contributed by atoms with Crippen LogP contribution in [0, 0.1) is 5.82 Å². The van der Waals surface area contributed by atoms with Crippen molar-refractivity contribution in [2.75, 3.05) is 5.32 Å². The molecule has 0 fully saturated rings. The number of carbonyl (C=O) groups is 2. The van der Waals surface area contributed by atoms with Gasteiger partial charge in [0.2, 0.25) is 0 Å². The number of anilines is 1. The number of para-hydroxylation sites is 2. The average Bonchev–Trinajstić information content (AvgIpc) is 2.98. The highest BCUT2D eigenvalue weighted by Gasteiger charge is 2.19. The Labute approximate surface area is 163 Å². The zero-order chi connectivity index (χ0) is 20.3. The largest absolute Gasteiger partial charge is 0.452 e. The first-order chi connectivity index (χ1) is 13.3. The van der Waals surface area contributed by atoms with Crippen LogP contribution in [0.5, 0.6) is 0 Å². The summed E-state index contributed by atoms with van der Waals surface area (Å²) in [7, 11) is 0. The molecule has 0 aliphatic heterocycles. The van der Waals surface area contributed by atoms with Gasteiger partial charge in [-0.05, 0) is 37.3 Å². The van der Waals surface area contributed by atoms with Gasteiger partial charge in [-0.2, -0.15) is 0 Å². The molecular weight excluding hydrogens is 391 g/mol. The molecule has 9 heteroatoms. The molecule has 0 aliphatic carbocycles. The molecule has 1 amide bonds. The van der Waals surface area contributed by atoms with E-state index in [0.29, 0.717) is 11.1 Å². The highest BCUT2D eigenvalue weighted by molar-refractivity contribution is 6.31. The summed E-state index contributed by atoms with van der Waals surface area (Å²) in [6.07, 6.45) is -1.21. The summed E-state index contributed by atoms with van der Waals surface area (Å²) in [5.41, 5.74) is 1.27. The maximum Gasteiger partial charge on any atom is 0.419 e. The van der Waals surface area contributed by atoms with E-state index in [0.717, 1.165) is 6.07 Å². The Bertz CT molecular complexity index is 1090. The Morgan fingerprint density at radius 3 is 2.79 bits per heavy atom. The summed E-state index contributed by atoms with van der Waals surface area (Å²) in [5.74, 6) is -2.44. The van der Waals surface area contributed by atoms with Crippen molar-refractivity contribution in [3.05, 3.63) is 63.9 Å². The van der Waals surface area contributed by atoms with Crippen molar-refractivity contribution in [2.24, 2.45) is 0 Å². The predicted octanol–water partition coefficient (Wildman–Crippen LogP) is 3.35. The fraction of sp³-hybridized carbons (Fsp3) is 0.211. The first-order valence-corrected chi connectivity index (χ1v) is 8.76. The van der Waals surface area contributed by atoms with Gasteiger partial charge in [-0.25, -0.2) is 9.18 Å². The number of halogens is 2. The molecule has 0 bridgehead atoms. The van der Waals surface area contributed by atoms with Crippen LogP contribution in [0.4, 0.5) is 10.1 Å². The van der Waals surface area contributed by atoms with Crippen LogP contribution in [0.25, 0.3) is 11.1 Å². The van der Waals surface area contributed by atoms with Crippen LogP contribution in [0.3, 0.4) is 0 Å². The van der Waals surface area contributed by atoms with Crippen LogP contribution in [0.15, 0.2) is 51.7 Å². The van der Waals surface area contributed by atoms with Crippen LogP contribution in [-0.4, -0.2) is 22.5 Å². The molecular formula is C19H16ClFN2O5. The highest BCUT2D eigenvalue weighted by atomic mass is 35.5. The summed E-state index contributed by atoms with van der Waals surface area (Å²) >= 11 is 5.66. The van der Waals surface area contributed by atoms with Gasteiger partial charge in [-0.3, -0.25) is 14.2 Å². The number of ether oxygens (including phenoxy) is 1. The zero-order valence-electron chi connectivity index (χ0n) is 14.8. The number of hydrogen-bond donors (Lipinski definition) is 1. The molecule has 0 saturated carbocycles. The van der Waals surface area contributed by atoms with Crippen molar-refractivity contribution in [2.45, 2.75) is 26.0 Å². The number of fused-ring (bicyclic) bond motifs is 1. The van der Waals surface area contributed by atoms with E-state index >= 15 is 0 Å². The molecule has 3 rings (SSSR count). The monoisotopic (exact) mass is 406 g/mol. The minimum atomic E-state index is -1.09. The number of nitrogens with zero attached hydrogens (tertiary/aromatic N) is 1. The van der Waals surface area contributed by atoms with Crippen molar-refractivity contribution >= 4 is 40.3 Å². The van der Waals surface area contributed by atoms with Crippen LogP contribution < -0.4 is 11.1 Å². The number of aromatic nitrogens is 1. The number of amides is 1. The minimum absolute atomic E-state index is 0.0522. The molecule has 0 unspecified atom stereocenters. The Hall–Kier alpha value is -3.13. The molecule has 0 saturated heterocycles. The molecule has 7 nitrogen and oxygen atoms in total. The van der Waals surface area contributed by atoms with E-state index in [2.05, 4.69) is 5.32 Å². The van der Waals surface area contributed by atoms with E-state index in [1.807, 2.05) is 0 Å². The molecule has 146 valence electrons. The molecule has 0 spiro atoms. The first kappa shape index (κ1) is 19.6. The molecule has 28 heavy (non-hydrogen) atoms. The predicted molar refractivity (Wildman–Crippen MR) is 101 cm³/mol. The lowest BCUT2D eigenvalue weighted by atomic mass is 10.3. The third-order valence-corrected chi connectivity index (χ3v) is 4.27. The molecule has 1 heterocycles. The van der Waals surface area contributed by atoms with Gasteiger partial charge in [0.1, 0.15) is 5.82 Å². The summed E-state index contributed by atoms with van der Waals surface area (Å²) in [4.78, 5) is 36.0. The second kappa shape index (κ2) is 8.26. The normalized spacial score (nSPS) is 12.0. The number of nitrogens with one attached hydrogen (secondary N) is 1.